The number of halogens is 3. The molecule has 0 heterocycles. The van der Waals surface area contributed by atoms with E-state index in [1.54, 1.807) is 7.11 Å². The van der Waals surface area contributed by atoms with Crippen LogP contribution < -0.4 is 14.8 Å². The van der Waals surface area contributed by atoms with E-state index in [9.17, 15) is 0 Å². The molecule has 6 heteroatoms. The predicted octanol–water partition coefficient (Wildman–Crippen LogP) is 6.34. The zero-order chi connectivity index (χ0) is 19.8. The van der Waals surface area contributed by atoms with Gasteiger partial charge in [-0.2, -0.15) is 0 Å². The second-order valence-electron chi connectivity index (χ2n) is 6.45. The minimum Gasteiger partial charge on any atom is -0.493 e. The average Bonchev–Trinajstić information content (AvgIpc) is 2.72. The third-order valence-electron chi connectivity index (χ3n) is 4.37. The van der Waals surface area contributed by atoms with Crippen LogP contribution in [0.15, 0.2) is 66.7 Å². The van der Waals surface area contributed by atoms with Crippen molar-refractivity contribution in [2.24, 2.45) is 0 Å². The van der Waals surface area contributed by atoms with Gasteiger partial charge in [-0.3, -0.25) is 0 Å². The molecule has 154 valence electrons. The van der Waals surface area contributed by atoms with Gasteiger partial charge in [-0.25, -0.2) is 0 Å². The number of methoxy groups -OCH3 is 1. The molecule has 0 saturated carbocycles. The van der Waals surface area contributed by atoms with Gasteiger partial charge in [-0.15, -0.1) is 12.4 Å². The van der Waals surface area contributed by atoms with Crippen molar-refractivity contribution in [1.29, 1.82) is 0 Å². The van der Waals surface area contributed by atoms with Crippen molar-refractivity contribution >= 4 is 35.6 Å². The number of hydrogen-bond acceptors (Lipinski definition) is 3. The first-order valence-corrected chi connectivity index (χ1v) is 9.89. The lowest BCUT2D eigenvalue weighted by molar-refractivity contribution is 0.284. The third-order valence-corrected chi connectivity index (χ3v) is 4.87. The minimum absolute atomic E-state index is 0. The summed E-state index contributed by atoms with van der Waals surface area (Å²) in [6.45, 7) is 2.12. The third kappa shape index (κ3) is 7.45. The van der Waals surface area contributed by atoms with E-state index >= 15 is 0 Å². The number of rotatable bonds is 9. The van der Waals surface area contributed by atoms with E-state index in [0.29, 0.717) is 11.6 Å². The van der Waals surface area contributed by atoms with Gasteiger partial charge in [0.1, 0.15) is 6.61 Å². The van der Waals surface area contributed by atoms with Crippen LogP contribution in [-0.2, 0) is 19.6 Å². The van der Waals surface area contributed by atoms with Crippen molar-refractivity contribution in [3.63, 3.8) is 0 Å². The van der Waals surface area contributed by atoms with Crippen LogP contribution in [0.25, 0.3) is 0 Å². The van der Waals surface area contributed by atoms with E-state index in [0.717, 1.165) is 47.2 Å². The first kappa shape index (κ1) is 23.4. The van der Waals surface area contributed by atoms with Crippen molar-refractivity contribution < 1.29 is 9.47 Å². The zero-order valence-electron chi connectivity index (χ0n) is 16.2. The smallest absolute Gasteiger partial charge is 0.161 e. The molecule has 0 unspecified atom stereocenters. The van der Waals surface area contributed by atoms with Gasteiger partial charge >= 0.3 is 0 Å². The Balaban J connectivity index is 0.00000300. The van der Waals surface area contributed by atoms with Crippen LogP contribution in [0.2, 0.25) is 10.0 Å². The summed E-state index contributed by atoms with van der Waals surface area (Å²) in [4.78, 5) is 0. The summed E-state index contributed by atoms with van der Waals surface area (Å²) in [5.41, 5.74) is 3.46. The largest absolute Gasteiger partial charge is 0.493 e. The molecule has 0 fully saturated rings. The van der Waals surface area contributed by atoms with E-state index < -0.39 is 0 Å². The molecule has 3 rings (SSSR count). The molecule has 1 N–H and O–H groups in total. The molecule has 0 saturated heterocycles. The van der Waals surface area contributed by atoms with Gasteiger partial charge in [-0.05, 0) is 66.1 Å². The van der Waals surface area contributed by atoms with Crippen molar-refractivity contribution in [2.75, 3.05) is 13.7 Å². The second-order valence-corrected chi connectivity index (χ2v) is 7.33. The maximum atomic E-state index is 5.91. The molecule has 0 radical (unpaired) electrons. The highest BCUT2D eigenvalue weighted by molar-refractivity contribution is 6.30. The topological polar surface area (TPSA) is 30.5 Å². The van der Waals surface area contributed by atoms with Crippen LogP contribution in [0.5, 0.6) is 11.5 Å². The molecule has 3 aromatic rings. The summed E-state index contributed by atoms with van der Waals surface area (Å²) in [5.74, 6) is 1.45. The summed E-state index contributed by atoms with van der Waals surface area (Å²) >= 11 is 11.8. The molecule has 0 aliphatic rings. The van der Waals surface area contributed by atoms with E-state index in [1.165, 1.54) is 5.56 Å². The van der Waals surface area contributed by atoms with Gasteiger partial charge in [0.25, 0.3) is 0 Å². The fraction of sp³-hybridized carbons (Fsp3) is 0.217. The van der Waals surface area contributed by atoms with Crippen LogP contribution in [-0.4, -0.2) is 13.7 Å². The van der Waals surface area contributed by atoms with E-state index in [1.807, 2.05) is 48.5 Å². The van der Waals surface area contributed by atoms with Gasteiger partial charge in [0.15, 0.2) is 11.5 Å². The normalized spacial score (nSPS) is 10.3. The fourth-order valence-corrected chi connectivity index (χ4v) is 3.05. The lowest BCUT2D eigenvalue weighted by Gasteiger charge is -2.13. The SMILES string of the molecule is COc1cc(CNCCc2ccc(Cl)cc2)ccc1OCc1ccc(Cl)cc1.Cl. The van der Waals surface area contributed by atoms with Crippen LogP contribution in [0.1, 0.15) is 16.7 Å². The molecule has 0 bridgehead atoms. The highest BCUT2D eigenvalue weighted by Gasteiger charge is 2.06. The summed E-state index contributed by atoms with van der Waals surface area (Å²) in [7, 11) is 1.65. The Morgan fingerprint density at radius 2 is 1.34 bits per heavy atom. The Hall–Kier alpha value is -1.91. The number of hydrogen-bond donors (Lipinski definition) is 1. The molecular formula is C23H24Cl3NO2. The number of ether oxygens (including phenoxy) is 2. The van der Waals surface area contributed by atoms with Crippen LogP contribution in [0, 0.1) is 0 Å². The number of nitrogens with one attached hydrogen (secondary N) is 1. The molecule has 3 aromatic carbocycles. The Morgan fingerprint density at radius 3 is 1.97 bits per heavy atom. The van der Waals surface area contributed by atoms with Gasteiger partial charge < -0.3 is 14.8 Å². The lowest BCUT2D eigenvalue weighted by atomic mass is 10.1. The highest BCUT2D eigenvalue weighted by atomic mass is 35.5. The zero-order valence-corrected chi connectivity index (χ0v) is 18.5. The molecule has 0 atom stereocenters. The molecule has 3 nitrogen and oxygen atoms in total. The average molecular weight is 453 g/mol. The molecule has 0 amide bonds. The first-order chi connectivity index (χ1) is 13.6. The van der Waals surface area contributed by atoms with Crippen molar-refractivity contribution in [1.82, 2.24) is 5.32 Å². The van der Waals surface area contributed by atoms with Crippen LogP contribution in [0.3, 0.4) is 0 Å². The molecular weight excluding hydrogens is 429 g/mol. The maximum absolute atomic E-state index is 5.91. The van der Waals surface area contributed by atoms with Gasteiger partial charge in [0, 0.05) is 16.6 Å². The quantitative estimate of drug-likeness (QED) is 0.384. The Bertz CT molecular complexity index is 884. The molecule has 0 aliphatic carbocycles. The van der Waals surface area contributed by atoms with Gasteiger partial charge in [-0.1, -0.05) is 53.5 Å². The fourth-order valence-electron chi connectivity index (χ4n) is 2.80. The predicted molar refractivity (Wildman–Crippen MR) is 123 cm³/mol. The van der Waals surface area contributed by atoms with Crippen molar-refractivity contribution in [2.45, 2.75) is 19.6 Å². The Morgan fingerprint density at radius 1 is 0.759 bits per heavy atom. The summed E-state index contributed by atoms with van der Waals surface area (Å²) in [6, 6.07) is 21.6. The van der Waals surface area contributed by atoms with Gasteiger partial charge in [0.2, 0.25) is 0 Å². The molecule has 0 spiro atoms. The van der Waals surface area contributed by atoms with Crippen molar-refractivity contribution in [3.05, 3.63) is 93.5 Å². The summed E-state index contributed by atoms with van der Waals surface area (Å²) in [6.07, 6.45) is 0.955. The Kier molecular flexibility index (Phi) is 9.62. The monoisotopic (exact) mass is 451 g/mol. The van der Waals surface area contributed by atoms with E-state index in [2.05, 4.69) is 23.5 Å². The minimum atomic E-state index is 0. The van der Waals surface area contributed by atoms with E-state index in [4.69, 9.17) is 32.7 Å². The standard InChI is InChI=1S/C23H23Cl2NO2.ClH/c1-27-23-14-19(15-26-13-12-17-2-7-20(24)8-3-17)6-11-22(23)28-16-18-4-9-21(25)10-5-18;/h2-11,14,26H,12-13,15-16H2,1H3;1H. The summed E-state index contributed by atoms with van der Waals surface area (Å²) < 4.78 is 11.4. The van der Waals surface area contributed by atoms with E-state index in [-0.39, 0.29) is 12.4 Å². The van der Waals surface area contributed by atoms with Crippen LogP contribution >= 0.6 is 35.6 Å². The highest BCUT2D eigenvalue weighted by Crippen LogP contribution is 2.29. The maximum Gasteiger partial charge on any atom is 0.161 e. The number of benzene rings is 3. The van der Waals surface area contributed by atoms with Crippen LogP contribution in [0.4, 0.5) is 0 Å². The lowest BCUT2D eigenvalue weighted by Crippen LogP contribution is -2.16. The first-order valence-electron chi connectivity index (χ1n) is 9.13. The second kappa shape index (κ2) is 11.9. The van der Waals surface area contributed by atoms with Gasteiger partial charge in [0.05, 0.1) is 7.11 Å². The Labute approximate surface area is 188 Å². The molecule has 29 heavy (non-hydrogen) atoms. The summed E-state index contributed by atoms with van der Waals surface area (Å²) in [5, 5.41) is 4.94. The molecule has 0 aromatic heterocycles. The van der Waals surface area contributed by atoms with Crippen molar-refractivity contribution in [3.8, 4) is 11.5 Å². The molecule has 0 aliphatic heterocycles.